The van der Waals surface area contributed by atoms with Crippen LogP contribution in [0.1, 0.15) is 13.3 Å². The molecule has 5 heteroatoms. The van der Waals surface area contributed by atoms with Crippen LogP contribution in [0.4, 0.5) is 0 Å². The van der Waals surface area contributed by atoms with Crippen molar-refractivity contribution in [1.29, 1.82) is 0 Å². The van der Waals surface area contributed by atoms with Crippen molar-refractivity contribution in [3.63, 3.8) is 0 Å². The Labute approximate surface area is 118 Å². The van der Waals surface area contributed by atoms with Gasteiger partial charge in [-0.2, -0.15) is 6.42 Å². The van der Waals surface area contributed by atoms with Gasteiger partial charge >= 0.3 is 23.1 Å². The number of rotatable bonds is 2. The minimum atomic E-state index is -0.986. The predicted molar refractivity (Wildman–Crippen MR) is 66.8 cm³/mol. The Morgan fingerprint density at radius 3 is 1.71 bits per heavy atom. The van der Waals surface area contributed by atoms with Gasteiger partial charge in [-0.05, 0) is 12.1 Å². The molecule has 0 N–H and O–H groups in total. The van der Waals surface area contributed by atoms with Gasteiger partial charge in [0.05, 0.1) is 16.5 Å². The van der Waals surface area contributed by atoms with Crippen LogP contribution in [0.15, 0.2) is 0 Å². The van der Waals surface area contributed by atoms with E-state index in [1.807, 2.05) is 0 Å². The van der Waals surface area contributed by atoms with E-state index in [2.05, 4.69) is 43.9 Å². The molecule has 1 fully saturated rings. The summed E-state index contributed by atoms with van der Waals surface area (Å²) in [6, 6.07) is 3.03. The monoisotopic (exact) mass is 303 g/mol. The average Bonchev–Trinajstić information content (AvgIpc) is 2.13. The summed E-state index contributed by atoms with van der Waals surface area (Å²) in [5.74, 6) is 0. The van der Waals surface area contributed by atoms with E-state index in [0.717, 1.165) is 0 Å². The van der Waals surface area contributed by atoms with E-state index in [4.69, 9.17) is 0 Å². The van der Waals surface area contributed by atoms with Crippen LogP contribution < -0.4 is 17.0 Å². The fourth-order valence-electron chi connectivity index (χ4n) is 2.35. The SMILES string of the molecule is CC[CH-]N1[Si](C)(C)CC[Si]1(C)C.[Br-].[Mg+2]. The van der Waals surface area contributed by atoms with Gasteiger partial charge < -0.3 is 21.2 Å². The number of halogens is 1. The van der Waals surface area contributed by atoms with E-state index < -0.39 is 16.5 Å². The number of nitrogens with zero attached hydrogens (tertiary/aromatic N) is 1. The molecule has 1 heterocycles. The molecule has 1 rings (SSSR count). The molecule has 0 radical (unpaired) electrons. The second-order valence-electron chi connectivity index (χ2n) is 5.09. The van der Waals surface area contributed by atoms with Gasteiger partial charge in [-0.3, -0.25) is 6.54 Å². The van der Waals surface area contributed by atoms with Crippen LogP contribution in [0.2, 0.25) is 38.3 Å². The van der Waals surface area contributed by atoms with Gasteiger partial charge in [0.2, 0.25) is 0 Å². The van der Waals surface area contributed by atoms with Gasteiger partial charge in [-0.1, -0.05) is 33.1 Å². The second kappa shape index (κ2) is 6.39. The molecular weight excluding hydrogens is 282 g/mol. The van der Waals surface area contributed by atoms with Gasteiger partial charge in [0, 0.05) is 0 Å². The van der Waals surface area contributed by atoms with Crippen molar-refractivity contribution in [2.75, 3.05) is 0 Å². The van der Waals surface area contributed by atoms with Crippen LogP contribution in [0, 0.1) is 6.54 Å². The van der Waals surface area contributed by atoms with Gasteiger partial charge in [0.1, 0.15) is 0 Å². The number of hydrogen-bond acceptors (Lipinski definition) is 1. The zero-order valence-electron chi connectivity index (χ0n) is 10.2. The molecule has 0 amide bonds. The Morgan fingerprint density at radius 2 is 1.43 bits per heavy atom. The summed E-state index contributed by atoms with van der Waals surface area (Å²) in [5, 5.41) is 0. The van der Waals surface area contributed by atoms with Crippen LogP contribution in [0.25, 0.3) is 0 Å². The van der Waals surface area contributed by atoms with Gasteiger partial charge in [0.15, 0.2) is 0 Å². The standard InChI is InChI=1S/C9H22NSi2.BrH.Mg/c1-6-7-10-11(2,3)8-9-12(10,4)5;;/h7H,6,8-9H2,1-5H3;1H;/q-1;;+2/p-1. The first-order chi connectivity index (χ1) is 5.40. The van der Waals surface area contributed by atoms with Crippen molar-refractivity contribution in [2.45, 2.75) is 51.6 Å². The Morgan fingerprint density at radius 1 is 1.07 bits per heavy atom. The Balaban J connectivity index is 0. The smallest absolute Gasteiger partial charge is 1.00 e. The van der Waals surface area contributed by atoms with Crippen LogP contribution in [0.5, 0.6) is 0 Å². The van der Waals surface area contributed by atoms with Crippen molar-refractivity contribution in [3.05, 3.63) is 6.54 Å². The predicted octanol–water partition coefficient (Wildman–Crippen LogP) is -0.0928. The molecule has 0 bridgehead atoms. The summed E-state index contributed by atoms with van der Waals surface area (Å²) < 4.78 is 2.82. The van der Waals surface area contributed by atoms with Crippen LogP contribution >= 0.6 is 0 Å². The summed E-state index contributed by atoms with van der Waals surface area (Å²) in [5.41, 5.74) is 0. The normalized spacial score (nSPS) is 23.8. The van der Waals surface area contributed by atoms with E-state index in [1.54, 1.807) is 0 Å². The minimum absolute atomic E-state index is 0. The first kappa shape index (κ1) is 18.0. The van der Waals surface area contributed by atoms with Crippen LogP contribution in [-0.4, -0.2) is 43.8 Å². The summed E-state index contributed by atoms with van der Waals surface area (Å²) in [6.45, 7) is 14.8. The van der Waals surface area contributed by atoms with Gasteiger partial charge in [-0.15, -0.1) is 0 Å². The summed E-state index contributed by atoms with van der Waals surface area (Å²) in [7, 11) is -1.97. The van der Waals surface area contributed by atoms with Crippen molar-refractivity contribution in [1.82, 2.24) is 4.23 Å². The molecular formula is C9H22BrMgNSi2. The third kappa shape index (κ3) is 3.90. The van der Waals surface area contributed by atoms with E-state index in [0.29, 0.717) is 0 Å². The van der Waals surface area contributed by atoms with E-state index >= 15 is 0 Å². The number of hydrogen-bond donors (Lipinski definition) is 0. The Kier molecular flexibility index (Phi) is 8.23. The topological polar surface area (TPSA) is 3.24 Å². The summed E-state index contributed by atoms with van der Waals surface area (Å²) in [6.07, 6.45) is 1.22. The Bertz CT molecular complexity index is 160. The molecule has 0 aromatic carbocycles. The molecule has 1 saturated heterocycles. The third-order valence-electron chi connectivity index (χ3n) is 3.02. The average molecular weight is 305 g/mol. The van der Waals surface area contributed by atoms with Crippen molar-refractivity contribution in [3.8, 4) is 0 Å². The Hall–Kier alpha value is 1.64. The molecule has 0 saturated carbocycles. The second-order valence-corrected chi connectivity index (χ2v) is 14.7. The first-order valence-electron chi connectivity index (χ1n) is 5.03. The maximum atomic E-state index is 2.82. The van der Waals surface area contributed by atoms with Crippen molar-refractivity contribution >= 4 is 39.5 Å². The summed E-state index contributed by atoms with van der Waals surface area (Å²) >= 11 is 0. The summed E-state index contributed by atoms with van der Waals surface area (Å²) in [4.78, 5) is 0. The zero-order chi connectivity index (χ0) is 9.41. The van der Waals surface area contributed by atoms with Crippen LogP contribution in [-0.2, 0) is 0 Å². The quantitative estimate of drug-likeness (QED) is 0.509. The van der Waals surface area contributed by atoms with Gasteiger partial charge in [-0.25, -0.2) is 0 Å². The molecule has 14 heavy (non-hydrogen) atoms. The molecule has 1 aliphatic rings. The molecule has 1 nitrogen and oxygen atoms in total. The molecule has 0 unspecified atom stereocenters. The fourth-order valence-corrected chi connectivity index (χ4v) is 16.3. The first-order valence-corrected chi connectivity index (χ1v) is 11.3. The maximum absolute atomic E-state index is 2.82. The molecule has 0 spiro atoms. The molecule has 0 aromatic heterocycles. The van der Waals surface area contributed by atoms with Crippen molar-refractivity contribution in [2.24, 2.45) is 0 Å². The zero-order valence-corrected chi connectivity index (χ0v) is 15.2. The molecule has 80 valence electrons. The minimum Gasteiger partial charge on any atom is -1.00 e. The molecule has 0 atom stereocenters. The largest absolute Gasteiger partial charge is 2.00 e. The fraction of sp³-hybridized carbons (Fsp3) is 0.889. The third-order valence-corrected chi connectivity index (χ3v) is 13.1. The van der Waals surface area contributed by atoms with Crippen molar-refractivity contribution < 1.29 is 17.0 Å². The molecule has 0 aliphatic carbocycles. The van der Waals surface area contributed by atoms with E-state index in [1.165, 1.54) is 18.5 Å². The van der Waals surface area contributed by atoms with E-state index in [9.17, 15) is 0 Å². The van der Waals surface area contributed by atoms with Crippen LogP contribution in [0.3, 0.4) is 0 Å². The van der Waals surface area contributed by atoms with E-state index in [-0.39, 0.29) is 40.0 Å². The molecule has 0 aromatic rings. The molecule has 1 aliphatic heterocycles. The van der Waals surface area contributed by atoms with Gasteiger partial charge in [0.25, 0.3) is 0 Å². The maximum Gasteiger partial charge on any atom is 2.00 e.